The van der Waals surface area contributed by atoms with Gasteiger partial charge in [-0.2, -0.15) is 0 Å². The monoisotopic (exact) mass is 282 g/mol. The lowest BCUT2D eigenvalue weighted by atomic mass is 9.84. The Hall–Kier alpha value is -1.00. The van der Waals surface area contributed by atoms with Crippen LogP contribution in [-0.4, -0.2) is 30.1 Å². The van der Waals surface area contributed by atoms with Crippen LogP contribution in [0.1, 0.15) is 33.3 Å². The van der Waals surface area contributed by atoms with E-state index in [0.717, 1.165) is 19.2 Å². The highest BCUT2D eigenvalue weighted by Crippen LogP contribution is 2.25. The van der Waals surface area contributed by atoms with E-state index in [9.17, 15) is 8.78 Å². The highest BCUT2D eigenvalue weighted by molar-refractivity contribution is 5.19. The molecule has 0 aliphatic carbocycles. The molecule has 1 aromatic rings. The maximum atomic E-state index is 13.8. The van der Waals surface area contributed by atoms with Gasteiger partial charge in [0.05, 0.1) is 0 Å². The quantitative estimate of drug-likeness (QED) is 0.896. The van der Waals surface area contributed by atoms with Crippen molar-refractivity contribution in [1.82, 2.24) is 10.2 Å². The molecular formula is C16H24F2N2. The number of hydrogen-bond acceptors (Lipinski definition) is 2. The Morgan fingerprint density at radius 3 is 2.65 bits per heavy atom. The van der Waals surface area contributed by atoms with Crippen LogP contribution in [0, 0.1) is 17.0 Å². The minimum Gasteiger partial charge on any atom is -0.311 e. The molecule has 1 saturated heterocycles. The van der Waals surface area contributed by atoms with E-state index >= 15 is 0 Å². The first kappa shape index (κ1) is 15.4. The van der Waals surface area contributed by atoms with Gasteiger partial charge in [0.25, 0.3) is 0 Å². The maximum Gasteiger partial charge on any atom is 0.163 e. The SMILES string of the molecule is CC1CNC(C(C)(C)C)CN1Cc1cccc(F)c1F. The van der Waals surface area contributed by atoms with Crippen LogP contribution < -0.4 is 5.32 Å². The van der Waals surface area contributed by atoms with E-state index in [0.29, 0.717) is 24.2 Å². The second-order valence-corrected chi connectivity index (χ2v) is 6.82. The van der Waals surface area contributed by atoms with Crippen molar-refractivity contribution in [2.75, 3.05) is 13.1 Å². The summed E-state index contributed by atoms with van der Waals surface area (Å²) in [6, 6.07) is 5.07. The second-order valence-electron chi connectivity index (χ2n) is 6.82. The van der Waals surface area contributed by atoms with Crippen molar-refractivity contribution < 1.29 is 8.78 Å². The lowest BCUT2D eigenvalue weighted by molar-refractivity contribution is 0.0866. The lowest BCUT2D eigenvalue weighted by Crippen LogP contribution is -2.59. The zero-order valence-corrected chi connectivity index (χ0v) is 12.7. The van der Waals surface area contributed by atoms with Gasteiger partial charge in [0.1, 0.15) is 0 Å². The summed E-state index contributed by atoms with van der Waals surface area (Å²) in [6.45, 7) is 10.9. The number of rotatable bonds is 2. The van der Waals surface area contributed by atoms with E-state index in [2.05, 4.69) is 37.9 Å². The molecule has 1 aromatic carbocycles. The summed E-state index contributed by atoms with van der Waals surface area (Å²) in [7, 11) is 0. The molecule has 0 spiro atoms. The van der Waals surface area contributed by atoms with Gasteiger partial charge in [-0.3, -0.25) is 4.90 Å². The minimum absolute atomic E-state index is 0.152. The van der Waals surface area contributed by atoms with E-state index in [1.807, 2.05) is 0 Å². The smallest absolute Gasteiger partial charge is 0.163 e. The molecule has 1 N–H and O–H groups in total. The average molecular weight is 282 g/mol. The second kappa shape index (κ2) is 5.78. The van der Waals surface area contributed by atoms with Gasteiger partial charge in [-0.05, 0) is 18.4 Å². The van der Waals surface area contributed by atoms with E-state index in [4.69, 9.17) is 0 Å². The highest BCUT2D eigenvalue weighted by Gasteiger charge is 2.32. The fourth-order valence-corrected chi connectivity index (χ4v) is 2.61. The third-order valence-electron chi connectivity index (χ3n) is 4.15. The van der Waals surface area contributed by atoms with Gasteiger partial charge in [0, 0.05) is 37.3 Å². The molecule has 1 aliphatic heterocycles. The van der Waals surface area contributed by atoms with Gasteiger partial charge >= 0.3 is 0 Å². The third-order valence-corrected chi connectivity index (χ3v) is 4.15. The van der Waals surface area contributed by atoms with Gasteiger partial charge in [0.15, 0.2) is 11.6 Å². The molecule has 2 rings (SSSR count). The normalized spacial score (nSPS) is 24.9. The molecule has 0 bridgehead atoms. The van der Waals surface area contributed by atoms with Crippen LogP contribution in [-0.2, 0) is 6.54 Å². The zero-order chi connectivity index (χ0) is 14.9. The van der Waals surface area contributed by atoms with Gasteiger partial charge in [-0.15, -0.1) is 0 Å². The highest BCUT2D eigenvalue weighted by atomic mass is 19.2. The van der Waals surface area contributed by atoms with Crippen molar-refractivity contribution in [3.63, 3.8) is 0 Å². The van der Waals surface area contributed by atoms with Gasteiger partial charge in [0.2, 0.25) is 0 Å². The first-order chi connectivity index (χ1) is 9.29. The predicted molar refractivity (Wildman–Crippen MR) is 77.5 cm³/mol. The molecule has 2 nitrogen and oxygen atoms in total. The van der Waals surface area contributed by atoms with E-state index in [-0.39, 0.29) is 5.41 Å². The first-order valence-electron chi connectivity index (χ1n) is 7.19. The number of benzene rings is 1. The van der Waals surface area contributed by atoms with Crippen LogP contribution in [0.3, 0.4) is 0 Å². The Morgan fingerprint density at radius 2 is 2.00 bits per heavy atom. The fraction of sp³-hybridized carbons (Fsp3) is 0.625. The molecule has 0 radical (unpaired) electrons. The average Bonchev–Trinajstić information content (AvgIpc) is 2.36. The molecule has 0 aromatic heterocycles. The summed E-state index contributed by atoms with van der Waals surface area (Å²) in [5, 5.41) is 3.54. The summed E-state index contributed by atoms with van der Waals surface area (Å²) in [5.41, 5.74) is 0.588. The van der Waals surface area contributed by atoms with Crippen LogP contribution in [0.25, 0.3) is 0 Å². The van der Waals surface area contributed by atoms with Crippen LogP contribution in [0.15, 0.2) is 18.2 Å². The first-order valence-corrected chi connectivity index (χ1v) is 7.19. The largest absolute Gasteiger partial charge is 0.311 e. The Bertz CT molecular complexity index is 468. The van der Waals surface area contributed by atoms with Gasteiger partial charge in [-0.25, -0.2) is 8.78 Å². The van der Waals surface area contributed by atoms with Crippen molar-refractivity contribution in [3.05, 3.63) is 35.4 Å². The van der Waals surface area contributed by atoms with Crippen molar-refractivity contribution >= 4 is 0 Å². The Labute approximate surface area is 120 Å². The molecule has 2 atom stereocenters. The maximum absolute atomic E-state index is 13.8. The fourth-order valence-electron chi connectivity index (χ4n) is 2.61. The van der Waals surface area contributed by atoms with Crippen molar-refractivity contribution in [2.24, 2.45) is 5.41 Å². The molecule has 2 unspecified atom stereocenters. The summed E-state index contributed by atoms with van der Waals surface area (Å²) in [6.07, 6.45) is 0. The van der Waals surface area contributed by atoms with Crippen molar-refractivity contribution in [3.8, 4) is 0 Å². The van der Waals surface area contributed by atoms with E-state index in [1.54, 1.807) is 12.1 Å². The number of hydrogen-bond donors (Lipinski definition) is 1. The minimum atomic E-state index is -0.766. The zero-order valence-electron chi connectivity index (χ0n) is 12.7. The molecule has 20 heavy (non-hydrogen) atoms. The summed E-state index contributed by atoms with van der Waals surface area (Å²) < 4.78 is 27.1. The summed E-state index contributed by atoms with van der Waals surface area (Å²) in [5.74, 6) is -1.48. The van der Waals surface area contributed by atoms with Crippen LogP contribution in [0.5, 0.6) is 0 Å². The third kappa shape index (κ3) is 3.36. The van der Waals surface area contributed by atoms with Crippen LogP contribution >= 0.6 is 0 Å². The summed E-state index contributed by atoms with van der Waals surface area (Å²) in [4.78, 5) is 2.23. The lowest BCUT2D eigenvalue weighted by Gasteiger charge is -2.44. The molecule has 1 aliphatic rings. The van der Waals surface area contributed by atoms with E-state index in [1.165, 1.54) is 0 Å². The molecule has 4 heteroatoms. The molecule has 1 heterocycles. The number of piperazine rings is 1. The standard InChI is InChI=1S/C16H24F2N2/c1-11-8-19-14(16(2,3)4)10-20(11)9-12-6-5-7-13(17)15(12)18/h5-7,11,14,19H,8-10H2,1-4H3. The number of halogens is 2. The Morgan fingerprint density at radius 1 is 1.30 bits per heavy atom. The van der Waals surface area contributed by atoms with Crippen LogP contribution in [0.4, 0.5) is 8.78 Å². The molecule has 0 amide bonds. The van der Waals surface area contributed by atoms with Gasteiger partial charge in [-0.1, -0.05) is 32.9 Å². The predicted octanol–water partition coefficient (Wildman–Crippen LogP) is 3.17. The Balaban J connectivity index is 2.12. The molecule has 112 valence electrons. The van der Waals surface area contributed by atoms with Crippen molar-refractivity contribution in [1.29, 1.82) is 0 Å². The summed E-state index contributed by atoms with van der Waals surface area (Å²) >= 11 is 0. The molecular weight excluding hydrogens is 258 g/mol. The van der Waals surface area contributed by atoms with Crippen LogP contribution in [0.2, 0.25) is 0 Å². The molecule has 0 saturated carbocycles. The molecule has 1 fully saturated rings. The Kier molecular flexibility index (Phi) is 4.45. The number of nitrogens with zero attached hydrogens (tertiary/aromatic N) is 1. The van der Waals surface area contributed by atoms with Crippen molar-refractivity contribution in [2.45, 2.75) is 46.3 Å². The topological polar surface area (TPSA) is 15.3 Å². The van der Waals surface area contributed by atoms with E-state index < -0.39 is 11.6 Å². The van der Waals surface area contributed by atoms with Gasteiger partial charge < -0.3 is 5.32 Å². The number of nitrogens with one attached hydrogen (secondary N) is 1.